The zero-order valence-corrected chi connectivity index (χ0v) is 17.2. The van der Waals surface area contributed by atoms with Gasteiger partial charge in [0.2, 0.25) is 0 Å². The van der Waals surface area contributed by atoms with Crippen molar-refractivity contribution in [3.05, 3.63) is 69.7 Å². The molecule has 28 heavy (non-hydrogen) atoms. The molecule has 0 atom stereocenters. The molecule has 0 radical (unpaired) electrons. The summed E-state index contributed by atoms with van der Waals surface area (Å²) in [5.74, 6) is -0.155. The normalized spacial score (nSPS) is 13.4. The molecule has 0 aliphatic carbocycles. The van der Waals surface area contributed by atoms with Crippen LogP contribution in [0.25, 0.3) is 0 Å². The van der Waals surface area contributed by atoms with Gasteiger partial charge in [0.1, 0.15) is 0 Å². The van der Waals surface area contributed by atoms with Gasteiger partial charge in [0.25, 0.3) is 15.9 Å². The van der Waals surface area contributed by atoms with Gasteiger partial charge in [-0.05, 0) is 54.8 Å². The van der Waals surface area contributed by atoms with Gasteiger partial charge in [-0.1, -0.05) is 17.7 Å². The highest BCUT2D eigenvalue weighted by Crippen LogP contribution is 2.32. The molecule has 3 aromatic rings. The van der Waals surface area contributed by atoms with Gasteiger partial charge >= 0.3 is 0 Å². The fourth-order valence-corrected chi connectivity index (χ4v) is 5.11. The molecule has 0 spiro atoms. The lowest BCUT2D eigenvalue weighted by Crippen LogP contribution is -2.28. The van der Waals surface area contributed by atoms with Gasteiger partial charge in [0, 0.05) is 34.4 Å². The summed E-state index contributed by atoms with van der Waals surface area (Å²) in [4.78, 5) is 18.6. The van der Waals surface area contributed by atoms with Crippen molar-refractivity contribution in [2.45, 2.75) is 18.2 Å². The van der Waals surface area contributed by atoms with Crippen LogP contribution in [0.3, 0.4) is 0 Å². The maximum absolute atomic E-state index is 12.9. The molecule has 144 valence electrons. The molecular weight excluding hydrogens is 418 g/mol. The van der Waals surface area contributed by atoms with Crippen LogP contribution in [0.15, 0.2) is 52.9 Å². The van der Waals surface area contributed by atoms with E-state index in [-0.39, 0.29) is 10.8 Å². The first-order valence-electron chi connectivity index (χ1n) is 8.48. The molecule has 6 nitrogen and oxygen atoms in total. The predicted molar refractivity (Wildman–Crippen MR) is 111 cm³/mol. The zero-order chi connectivity index (χ0) is 19.9. The van der Waals surface area contributed by atoms with Crippen LogP contribution in [0, 0.1) is 6.92 Å². The number of fused-ring (bicyclic) bond motifs is 1. The summed E-state index contributed by atoms with van der Waals surface area (Å²) in [5, 5.41) is 2.55. The summed E-state index contributed by atoms with van der Waals surface area (Å²) in [6.07, 6.45) is 2.12. The number of benzene rings is 2. The van der Waals surface area contributed by atoms with E-state index in [0.29, 0.717) is 28.7 Å². The number of rotatable bonds is 4. The average Bonchev–Trinajstić information content (AvgIpc) is 3.32. The summed E-state index contributed by atoms with van der Waals surface area (Å²) >= 11 is 7.35. The molecule has 0 saturated carbocycles. The van der Waals surface area contributed by atoms with Crippen LogP contribution in [-0.2, 0) is 16.4 Å². The van der Waals surface area contributed by atoms with E-state index in [9.17, 15) is 13.2 Å². The van der Waals surface area contributed by atoms with Crippen molar-refractivity contribution >= 4 is 49.7 Å². The van der Waals surface area contributed by atoms with E-state index in [1.807, 2.05) is 13.0 Å². The molecule has 1 aliphatic rings. The van der Waals surface area contributed by atoms with Gasteiger partial charge in [-0.3, -0.25) is 9.52 Å². The van der Waals surface area contributed by atoms with Crippen molar-refractivity contribution < 1.29 is 13.2 Å². The number of carbonyl (C=O) groups is 1. The van der Waals surface area contributed by atoms with E-state index in [1.54, 1.807) is 34.5 Å². The predicted octanol–water partition coefficient (Wildman–Crippen LogP) is 4.11. The van der Waals surface area contributed by atoms with Crippen LogP contribution < -0.4 is 9.62 Å². The van der Waals surface area contributed by atoms with Crippen molar-refractivity contribution in [2.75, 3.05) is 16.2 Å². The summed E-state index contributed by atoms with van der Waals surface area (Å²) in [6.45, 7) is 2.37. The Morgan fingerprint density at radius 3 is 2.79 bits per heavy atom. The molecule has 1 amide bonds. The lowest BCUT2D eigenvalue weighted by Gasteiger charge is -2.18. The summed E-state index contributed by atoms with van der Waals surface area (Å²) in [7, 11) is -3.73. The van der Waals surface area contributed by atoms with Crippen molar-refractivity contribution in [3.8, 4) is 0 Å². The van der Waals surface area contributed by atoms with Gasteiger partial charge in [-0.2, -0.15) is 0 Å². The van der Waals surface area contributed by atoms with Gasteiger partial charge < -0.3 is 4.90 Å². The smallest absolute Gasteiger partial charge is 0.263 e. The lowest BCUT2D eigenvalue weighted by atomic mass is 10.1. The second-order valence-electron chi connectivity index (χ2n) is 6.40. The Kier molecular flexibility index (Phi) is 4.86. The van der Waals surface area contributed by atoms with E-state index < -0.39 is 10.0 Å². The van der Waals surface area contributed by atoms with Crippen LogP contribution in [0.4, 0.5) is 10.8 Å². The molecule has 0 bridgehead atoms. The average molecular weight is 434 g/mol. The van der Waals surface area contributed by atoms with E-state index in [2.05, 4.69) is 9.71 Å². The maximum atomic E-state index is 12.9. The summed E-state index contributed by atoms with van der Waals surface area (Å²) in [6, 6.07) is 10.0. The number of hydrogen-bond acceptors (Lipinski definition) is 5. The second kappa shape index (κ2) is 7.20. The molecule has 0 fully saturated rings. The number of thiazole rings is 1. The molecule has 2 aromatic carbocycles. The highest BCUT2D eigenvalue weighted by Gasteiger charge is 2.28. The Morgan fingerprint density at radius 1 is 1.25 bits per heavy atom. The third kappa shape index (κ3) is 3.50. The first kappa shape index (κ1) is 18.9. The number of hydrogen-bond donors (Lipinski definition) is 1. The van der Waals surface area contributed by atoms with Crippen molar-refractivity contribution in [1.29, 1.82) is 0 Å². The SMILES string of the molecule is Cc1ccc(C(=O)N2CCc3cc(S(=O)(=O)Nc4nccs4)ccc32)cc1Cl. The van der Waals surface area contributed by atoms with Gasteiger partial charge in [-0.25, -0.2) is 13.4 Å². The van der Waals surface area contributed by atoms with Crippen LogP contribution in [0.1, 0.15) is 21.5 Å². The number of halogens is 1. The minimum Gasteiger partial charge on any atom is -0.308 e. The topological polar surface area (TPSA) is 79.4 Å². The van der Waals surface area contributed by atoms with Gasteiger partial charge in [0.05, 0.1) is 4.90 Å². The molecule has 2 heterocycles. The third-order valence-electron chi connectivity index (χ3n) is 4.57. The van der Waals surface area contributed by atoms with Gasteiger partial charge in [-0.15, -0.1) is 11.3 Å². The summed E-state index contributed by atoms with van der Waals surface area (Å²) < 4.78 is 27.6. The van der Waals surface area contributed by atoms with Crippen LogP contribution in [-0.4, -0.2) is 25.9 Å². The number of aryl methyl sites for hydroxylation is 1. The monoisotopic (exact) mass is 433 g/mol. The Balaban J connectivity index is 1.61. The Morgan fingerprint density at radius 2 is 2.07 bits per heavy atom. The van der Waals surface area contributed by atoms with Crippen LogP contribution in [0.5, 0.6) is 0 Å². The minimum absolute atomic E-state index is 0.147. The Hall–Kier alpha value is -2.42. The highest BCUT2D eigenvalue weighted by atomic mass is 35.5. The second-order valence-corrected chi connectivity index (χ2v) is 9.39. The first-order valence-corrected chi connectivity index (χ1v) is 11.2. The van der Waals surface area contributed by atoms with Gasteiger partial charge in [0.15, 0.2) is 5.13 Å². The first-order chi connectivity index (χ1) is 13.3. The number of sulfonamides is 1. The molecule has 1 aliphatic heterocycles. The largest absolute Gasteiger partial charge is 0.308 e. The Labute approximate surface area is 171 Å². The maximum Gasteiger partial charge on any atom is 0.263 e. The van der Waals surface area contributed by atoms with E-state index in [1.165, 1.54) is 23.6 Å². The fraction of sp³-hybridized carbons (Fsp3) is 0.158. The fourth-order valence-electron chi connectivity index (χ4n) is 3.09. The third-order valence-corrected chi connectivity index (χ3v) is 7.14. The van der Waals surface area contributed by atoms with Crippen LogP contribution >= 0.6 is 22.9 Å². The van der Waals surface area contributed by atoms with Crippen molar-refractivity contribution in [3.63, 3.8) is 0 Å². The number of carbonyl (C=O) groups excluding carboxylic acids is 1. The zero-order valence-electron chi connectivity index (χ0n) is 14.8. The molecule has 0 unspecified atom stereocenters. The van der Waals surface area contributed by atoms with E-state index >= 15 is 0 Å². The van der Waals surface area contributed by atoms with Crippen molar-refractivity contribution in [2.24, 2.45) is 0 Å². The molecule has 1 N–H and O–H groups in total. The Bertz CT molecular complexity index is 1160. The minimum atomic E-state index is -3.73. The molecule has 0 saturated heterocycles. The van der Waals surface area contributed by atoms with E-state index in [0.717, 1.165) is 16.8 Å². The summed E-state index contributed by atoms with van der Waals surface area (Å²) in [5.41, 5.74) is 2.94. The molecule has 1 aromatic heterocycles. The number of nitrogens with zero attached hydrogens (tertiary/aromatic N) is 2. The van der Waals surface area contributed by atoms with Crippen LogP contribution in [0.2, 0.25) is 5.02 Å². The molecule has 4 rings (SSSR count). The van der Waals surface area contributed by atoms with Crippen molar-refractivity contribution in [1.82, 2.24) is 4.98 Å². The highest BCUT2D eigenvalue weighted by molar-refractivity contribution is 7.93. The molecule has 9 heteroatoms. The molecular formula is C19H16ClN3O3S2. The standard InChI is InChI=1S/C19H16ClN3O3S2/c1-12-2-3-14(11-16(12)20)18(24)23-8-6-13-10-15(4-5-17(13)23)28(25,26)22-19-21-7-9-27-19/h2-5,7,9-11H,6,8H2,1H3,(H,21,22). The quantitative estimate of drug-likeness (QED) is 0.671. The number of nitrogens with one attached hydrogen (secondary N) is 1. The lowest BCUT2D eigenvalue weighted by molar-refractivity contribution is 0.0989. The number of amides is 1. The van der Waals surface area contributed by atoms with E-state index in [4.69, 9.17) is 11.6 Å². The number of aromatic nitrogens is 1. The number of anilines is 2.